The second-order valence-corrected chi connectivity index (χ2v) is 5.47. The third kappa shape index (κ3) is 5.12. The highest BCUT2D eigenvalue weighted by atomic mass is 16.5. The molecule has 0 spiro atoms. The Bertz CT molecular complexity index is 713. The summed E-state index contributed by atoms with van der Waals surface area (Å²) in [6, 6.07) is 15.2. The minimum atomic E-state index is -0.237. The summed E-state index contributed by atoms with van der Waals surface area (Å²) in [5.74, 6) is 0.317. The number of ether oxygens (including phenoxy) is 1. The zero-order valence-corrected chi connectivity index (χ0v) is 14.0. The fourth-order valence-electron chi connectivity index (χ4n) is 2.33. The third-order valence-corrected chi connectivity index (χ3v) is 3.73. The minimum absolute atomic E-state index is 0.0418. The van der Waals surface area contributed by atoms with Gasteiger partial charge in [-0.05, 0) is 24.1 Å². The fraction of sp³-hybridized carbons (Fsp3) is 0.263. The van der Waals surface area contributed by atoms with E-state index in [0.29, 0.717) is 6.54 Å². The highest BCUT2D eigenvalue weighted by Gasteiger charge is 2.09. The third-order valence-electron chi connectivity index (χ3n) is 3.73. The second-order valence-electron chi connectivity index (χ2n) is 5.47. The number of nitrogens with one attached hydrogen (secondary N) is 2. The van der Waals surface area contributed by atoms with E-state index in [1.807, 2.05) is 55.5 Å². The molecule has 0 saturated carbocycles. The Morgan fingerprint density at radius 1 is 0.917 bits per heavy atom. The Kier molecular flexibility index (Phi) is 6.37. The van der Waals surface area contributed by atoms with E-state index in [-0.39, 0.29) is 24.8 Å². The number of hydrogen-bond acceptors (Lipinski definition) is 3. The summed E-state index contributed by atoms with van der Waals surface area (Å²) in [5.41, 5.74) is 2.91. The lowest BCUT2D eigenvalue weighted by atomic mass is 10.1. The van der Waals surface area contributed by atoms with Crippen LogP contribution in [-0.4, -0.2) is 25.5 Å². The van der Waals surface area contributed by atoms with Crippen LogP contribution in [0.4, 0.5) is 0 Å². The molecular formula is C19H22N2O3. The molecule has 0 aliphatic carbocycles. The van der Waals surface area contributed by atoms with E-state index in [1.54, 1.807) is 7.11 Å². The van der Waals surface area contributed by atoms with E-state index in [1.165, 1.54) is 0 Å². The van der Waals surface area contributed by atoms with Crippen molar-refractivity contribution in [3.8, 4) is 5.75 Å². The van der Waals surface area contributed by atoms with Crippen molar-refractivity contribution in [3.63, 3.8) is 0 Å². The van der Waals surface area contributed by atoms with Gasteiger partial charge in [0, 0.05) is 12.1 Å². The Balaban J connectivity index is 1.77. The van der Waals surface area contributed by atoms with Crippen LogP contribution in [0.15, 0.2) is 48.5 Å². The molecule has 0 bridgehead atoms. The minimum Gasteiger partial charge on any atom is -0.496 e. The first-order valence-corrected chi connectivity index (χ1v) is 7.80. The molecule has 5 heteroatoms. The Morgan fingerprint density at radius 3 is 2.29 bits per heavy atom. The lowest BCUT2D eigenvalue weighted by molar-refractivity contribution is -0.125. The van der Waals surface area contributed by atoms with Gasteiger partial charge in [-0.15, -0.1) is 0 Å². The monoisotopic (exact) mass is 326 g/mol. The summed E-state index contributed by atoms with van der Waals surface area (Å²) >= 11 is 0. The van der Waals surface area contributed by atoms with Gasteiger partial charge in [0.25, 0.3) is 0 Å². The van der Waals surface area contributed by atoms with Crippen molar-refractivity contribution >= 4 is 11.8 Å². The van der Waals surface area contributed by atoms with E-state index in [4.69, 9.17) is 4.74 Å². The number of hydrogen-bond donors (Lipinski definition) is 2. The maximum absolute atomic E-state index is 11.9. The van der Waals surface area contributed by atoms with Crippen molar-refractivity contribution in [1.29, 1.82) is 0 Å². The van der Waals surface area contributed by atoms with Gasteiger partial charge in [-0.25, -0.2) is 0 Å². The number of aryl methyl sites for hydroxylation is 1. The molecule has 0 aliphatic heterocycles. The first-order chi connectivity index (χ1) is 11.6. The largest absolute Gasteiger partial charge is 0.496 e. The predicted octanol–water partition coefficient (Wildman–Crippen LogP) is 1.98. The molecule has 2 rings (SSSR count). The average molecular weight is 326 g/mol. The van der Waals surface area contributed by atoms with Crippen LogP contribution in [0.2, 0.25) is 0 Å². The fourth-order valence-corrected chi connectivity index (χ4v) is 2.33. The molecule has 0 saturated heterocycles. The van der Waals surface area contributed by atoms with E-state index in [9.17, 15) is 9.59 Å². The first-order valence-electron chi connectivity index (χ1n) is 7.80. The molecule has 2 amide bonds. The van der Waals surface area contributed by atoms with Crippen LogP contribution in [0.1, 0.15) is 16.7 Å². The van der Waals surface area contributed by atoms with Gasteiger partial charge in [0.1, 0.15) is 5.75 Å². The van der Waals surface area contributed by atoms with E-state index in [0.717, 1.165) is 22.4 Å². The number of carbonyl (C=O) groups is 2. The normalized spacial score (nSPS) is 10.1. The van der Waals surface area contributed by atoms with Crippen molar-refractivity contribution < 1.29 is 14.3 Å². The number of methoxy groups -OCH3 is 1. The van der Waals surface area contributed by atoms with Gasteiger partial charge in [0.2, 0.25) is 11.8 Å². The molecule has 5 nitrogen and oxygen atoms in total. The smallest absolute Gasteiger partial charge is 0.239 e. The van der Waals surface area contributed by atoms with Crippen LogP contribution in [-0.2, 0) is 22.6 Å². The lowest BCUT2D eigenvalue weighted by Crippen LogP contribution is -2.37. The molecule has 0 aromatic heterocycles. The summed E-state index contributed by atoms with van der Waals surface area (Å²) in [6.45, 7) is 2.28. The van der Waals surface area contributed by atoms with E-state index < -0.39 is 0 Å². The van der Waals surface area contributed by atoms with Crippen LogP contribution in [0.25, 0.3) is 0 Å². The first kappa shape index (κ1) is 17.5. The summed E-state index contributed by atoms with van der Waals surface area (Å²) in [6.07, 6.45) is 0.270. The van der Waals surface area contributed by atoms with Gasteiger partial charge >= 0.3 is 0 Å². The Hall–Kier alpha value is -2.82. The van der Waals surface area contributed by atoms with Gasteiger partial charge in [0.05, 0.1) is 20.1 Å². The van der Waals surface area contributed by atoms with Crippen LogP contribution in [0.5, 0.6) is 5.75 Å². The quantitative estimate of drug-likeness (QED) is 0.817. The van der Waals surface area contributed by atoms with Crippen molar-refractivity contribution in [2.45, 2.75) is 19.9 Å². The molecule has 126 valence electrons. The predicted molar refractivity (Wildman–Crippen MR) is 92.7 cm³/mol. The Morgan fingerprint density at radius 2 is 1.58 bits per heavy atom. The van der Waals surface area contributed by atoms with Crippen molar-refractivity contribution in [1.82, 2.24) is 10.6 Å². The number of rotatable bonds is 7. The molecule has 2 aromatic rings. The van der Waals surface area contributed by atoms with E-state index >= 15 is 0 Å². The molecule has 24 heavy (non-hydrogen) atoms. The van der Waals surface area contributed by atoms with Gasteiger partial charge in [0.15, 0.2) is 0 Å². The molecule has 0 radical (unpaired) electrons. The molecule has 0 heterocycles. The molecule has 0 unspecified atom stereocenters. The lowest BCUT2D eigenvalue weighted by Gasteiger charge is -2.10. The van der Waals surface area contributed by atoms with Crippen LogP contribution >= 0.6 is 0 Å². The number of para-hydroxylation sites is 1. The molecular weight excluding hydrogens is 304 g/mol. The maximum Gasteiger partial charge on any atom is 0.239 e. The van der Waals surface area contributed by atoms with Crippen LogP contribution in [0, 0.1) is 6.92 Å². The van der Waals surface area contributed by atoms with Crippen LogP contribution < -0.4 is 15.4 Å². The van der Waals surface area contributed by atoms with Crippen molar-refractivity contribution in [2.75, 3.05) is 13.7 Å². The molecule has 2 N–H and O–H groups in total. The number of carbonyl (C=O) groups excluding carboxylic acids is 2. The summed E-state index contributed by atoms with van der Waals surface area (Å²) in [7, 11) is 1.59. The topological polar surface area (TPSA) is 67.4 Å². The molecule has 0 atom stereocenters. The zero-order valence-electron chi connectivity index (χ0n) is 14.0. The summed E-state index contributed by atoms with van der Waals surface area (Å²) in [4.78, 5) is 23.8. The highest BCUT2D eigenvalue weighted by Crippen LogP contribution is 2.16. The van der Waals surface area contributed by atoms with Gasteiger partial charge in [-0.1, -0.05) is 42.5 Å². The number of benzene rings is 2. The highest BCUT2D eigenvalue weighted by molar-refractivity contribution is 5.85. The van der Waals surface area contributed by atoms with Crippen LogP contribution in [0.3, 0.4) is 0 Å². The van der Waals surface area contributed by atoms with Crippen molar-refractivity contribution in [3.05, 3.63) is 65.2 Å². The van der Waals surface area contributed by atoms with Gasteiger partial charge in [-0.3, -0.25) is 9.59 Å². The summed E-state index contributed by atoms with van der Waals surface area (Å²) in [5, 5.41) is 5.41. The molecule has 0 aliphatic rings. The van der Waals surface area contributed by atoms with Gasteiger partial charge < -0.3 is 15.4 Å². The SMILES string of the molecule is COc1ccccc1CNC(=O)CNC(=O)Cc1ccccc1C. The average Bonchev–Trinajstić information content (AvgIpc) is 2.60. The standard InChI is InChI=1S/C19H22N2O3/c1-14-7-3-4-8-15(14)11-18(22)21-13-19(23)20-12-16-9-5-6-10-17(16)24-2/h3-10H,11-13H2,1-2H3,(H,20,23)(H,21,22). The molecule has 0 fully saturated rings. The van der Waals surface area contributed by atoms with Crippen molar-refractivity contribution in [2.24, 2.45) is 0 Å². The zero-order chi connectivity index (χ0) is 17.4. The molecule has 2 aromatic carbocycles. The summed E-state index contributed by atoms with van der Waals surface area (Å²) < 4.78 is 5.23. The second kappa shape index (κ2) is 8.72. The van der Waals surface area contributed by atoms with Gasteiger partial charge in [-0.2, -0.15) is 0 Å². The van der Waals surface area contributed by atoms with E-state index in [2.05, 4.69) is 10.6 Å². The Labute approximate surface area is 142 Å². The number of amides is 2. The maximum atomic E-state index is 11.9.